The van der Waals surface area contributed by atoms with Gasteiger partial charge in [0.15, 0.2) is 0 Å². The zero-order chi connectivity index (χ0) is 23.0. The first kappa shape index (κ1) is 21.0. The van der Waals surface area contributed by atoms with Gasteiger partial charge in [-0.25, -0.2) is 9.69 Å². The van der Waals surface area contributed by atoms with Gasteiger partial charge in [0.1, 0.15) is 0 Å². The van der Waals surface area contributed by atoms with E-state index in [1.54, 1.807) is 30.3 Å². The molecule has 0 atom stereocenters. The number of benzene rings is 3. The minimum atomic E-state index is -0.519. The van der Waals surface area contributed by atoms with Crippen molar-refractivity contribution in [3.8, 4) is 0 Å². The number of rotatable bonds is 4. The number of hydrogen-bond donors (Lipinski definition) is 1. The second-order valence-corrected chi connectivity index (χ2v) is 7.45. The quantitative estimate of drug-likeness (QED) is 0.498. The lowest BCUT2D eigenvalue weighted by Crippen LogP contribution is -2.30. The summed E-state index contributed by atoms with van der Waals surface area (Å²) in [5.41, 5.74) is 3.67. The van der Waals surface area contributed by atoms with Crippen LogP contribution < -0.4 is 10.2 Å². The minimum absolute atomic E-state index is 0.173. The Bertz CT molecular complexity index is 1300. The molecule has 3 amide bonds. The van der Waals surface area contributed by atoms with Gasteiger partial charge in [-0.1, -0.05) is 18.2 Å². The fraction of sp³-hybridized carbons (Fsp3) is 0.120. The van der Waals surface area contributed by atoms with Crippen molar-refractivity contribution < 1.29 is 23.9 Å². The first-order chi connectivity index (χ1) is 15.3. The molecule has 0 saturated heterocycles. The molecule has 0 aromatic heterocycles. The highest BCUT2D eigenvalue weighted by Crippen LogP contribution is 2.32. The summed E-state index contributed by atoms with van der Waals surface area (Å²) in [5, 5.41) is 2.70. The Hall–Kier alpha value is -4.26. The predicted molar refractivity (Wildman–Crippen MR) is 119 cm³/mol. The molecule has 7 heteroatoms. The van der Waals surface area contributed by atoms with Crippen molar-refractivity contribution in [1.82, 2.24) is 0 Å². The van der Waals surface area contributed by atoms with Crippen LogP contribution in [0.3, 0.4) is 0 Å². The van der Waals surface area contributed by atoms with Crippen LogP contribution in [0.1, 0.15) is 52.6 Å². The molecule has 1 heterocycles. The van der Waals surface area contributed by atoms with Crippen molar-refractivity contribution in [2.75, 3.05) is 17.3 Å². The van der Waals surface area contributed by atoms with Crippen molar-refractivity contribution in [2.45, 2.75) is 13.8 Å². The number of nitrogens with one attached hydrogen (secondary N) is 1. The summed E-state index contributed by atoms with van der Waals surface area (Å²) in [7, 11) is 1.28. The van der Waals surface area contributed by atoms with Crippen LogP contribution in [0.2, 0.25) is 0 Å². The molecule has 0 saturated carbocycles. The van der Waals surface area contributed by atoms with E-state index in [1.165, 1.54) is 31.4 Å². The van der Waals surface area contributed by atoms with Crippen LogP contribution in [0, 0.1) is 13.8 Å². The van der Waals surface area contributed by atoms with Crippen LogP contribution in [0.15, 0.2) is 60.7 Å². The van der Waals surface area contributed by atoms with Gasteiger partial charge in [-0.05, 0) is 67.4 Å². The molecule has 0 spiro atoms. The Labute approximate surface area is 184 Å². The second kappa shape index (κ2) is 8.11. The molecular formula is C25H20N2O5. The summed E-state index contributed by atoms with van der Waals surface area (Å²) in [6.45, 7) is 3.77. The number of hydrogen-bond acceptors (Lipinski definition) is 5. The zero-order valence-electron chi connectivity index (χ0n) is 17.8. The van der Waals surface area contributed by atoms with Gasteiger partial charge in [0.05, 0.1) is 29.5 Å². The third-order valence-corrected chi connectivity index (χ3v) is 5.51. The highest BCUT2D eigenvalue weighted by Gasteiger charge is 2.37. The molecule has 0 bridgehead atoms. The number of ether oxygens (including phenoxy) is 1. The average molecular weight is 428 g/mol. The van der Waals surface area contributed by atoms with E-state index in [1.807, 2.05) is 19.9 Å². The number of nitrogens with zero attached hydrogens (tertiary/aromatic N) is 1. The lowest BCUT2D eigenvalue weighted by atomic mass is 10.1. The highest BCUT2D eigenvalue weighted by molar-refractivity contribution is 6.35. The summed E-state index contributed by atoms with van der Waals surface area (Å²) in [4.78, 5) is 51.6. The van der Waals surface area contributed by atoms with Gasteiger partial charge < -0.3 is 10.1 Å². The fourth-order valence-electron chi connectivity index (χ4n) is 3.62. The number of carbonyl (C=O) groups is 4. The Morgan fingerprint density at radius 3 is 2.31 bits per heavy atom. The number of esters is 1. The van der Waals surface area contributed by atoms with Crippen molar-refractivity contribution in [2.24, 2.45) is 0 Å². The highest BCUT2D eigenvalue weighted by atomic mass is 16.5. The van der Waals surface area contributed by atoms with Gasteiger partial charge in [0.2, 0.25) is 0 Å². The van der Waals surface area contributed by atoms with Gasteiger partial charge in [-0.15, -0.1) is 0 Å². The van der Waals surface area contributed by atoms with Gasteiger partial charge in [0.25, 0.3) is 17.7 Å². The van der Waals surface area contributed by atoms with Gasteiger partial charge in [-0.3, -0.25) is 14.4 Å². The Morgan fingerprint density at radius 1 is 0.844 bits per heavy atom. The molecule has 3 aromatic rings. The Balaban J connectivity index is 1.62. The largest absolute Gasteiger partial charge is 0.465 e. The van der Waals surface area contributed by atoms with Crippen LogP contribution >= 0.6 is 0 Å². The van der Waals surface area contributed by atoms with E-state index in [0.29, 0.717) is 16.9 Å². The number of aryl methyl sites for hydroxylation is 1. The summed E-state index contributed by atoms with van der Waals surface area (Å²) in [5.74, 6) is -1.88. The van der Waals surface area contributed by atoms with E-state index in [9.17, 15) is 19.2 Å². The van der Waals surface area contributed by atoms with Crippen molar-refractivity contribution in [1.29, 1.82) is 0 Å². The number of carbonyl (C=O) groups excluding carboxylic acids is 4. The molecule has 1 N–H and O–H groups in total. The minimum Gasteiger partial charge on any atom is -0.465 e. The smallest absolute Gasteiger partial charge is 0.337 e. The number of methoxy groups -OCH3 is 1. The molecular weight excluding hydrogens is 408 g/mol. The molecule has 7 nitrogen and oxygen atoms in total. The predicted octanol–water partition coefficient (Wildman–Crippen LogP) is 4.14. The Kier molecular flexibility index (Phi) is 5.32. The lowest BCUT2D eigenvalue weighted by Gasteiger charge is -2.17. The van der Waals surface area contributed by atoms with Crippen molar-refractivity contribution in [3.63, 3.8) is 0 Å². The molecule has 160 valence electrons. The van der Waals surface area contributed by atoms with E-state index >= 15 is 0 Å². The van der Waals surface area contributed by atoms with Crippen LogP contribution in [0.25, 0.3) is 0 Å². The SMILES string of the molecule is COC(=O)c1cccc(NC(=O)c2ccc3c(c2)C(=O)N(c2cccc(C)c2C)C3=O)c1. The zero-order valence-corrected chi connectivity index (χ0v) is 17.8. The van der Waals surface area contributed by atoms with E-state index < -0.39 is 23.7 Å². The van der Waals surface area contributed by atoms with E-state index in [2.05, 4.69) is 10.1 Å². The summed E-state index contributed by atoms with van der Waals surface area (Å²) < 4.78 is 4.69. The summed E-state index contributed by atoms with van der Waals surface area (Å²) in [6, 6.07) is 16.2. The molecule has 0 aliphatic carbocycles. The maximum atomic E-state index is 13.1. The molecule has 0 fully saturated rings. The van der Waals surface area contributed by atoms with Gasteiger partial charge in [0, 0.05) is 11.3 Å². The normalized spacial score (nSPS) is 12.5. The molecule has 1 aliphatic rings. The first-order valence-corrected chi connectivity index (χ1v) is 9.90. The molecule has 4 rings (SSSR count). The average Bonchev–Trinajstić information content (AvgIpc) is 3.05. The second-order valence-electron chi connectivity index (χ2n) is 7.45. The number of imide groups is 1. The standard InChI is InChI=1S/C25H20N2O5/c1-14-6-4-9-21(15(14)2)27-23(29)19-11-10-16(13-20(19)24(27)30)22(28)26-18-8-5-7-17(12-18)25(31)32-3/h4-13H,1-3H3,(H,26,28). The van der Waals surface area contributed by atoms with E-state index in [0.717, 1.165) is 16.0 Å². The third kappa shape index (κ3) is 3.54. The topological polar surface area (TPSA) is 92.8 Å². The van der Waals surface area contributed by atoms with Crippen LogP contribution in [-0.4, -0.2) is 30.8 Å². The molecule has 3 aromatic carbocycles. The van der Waals surface area contributed by atoms with E-state index in [-0.39, 0.29) is 16.7 Å². The fourth-order valence-corrected chi connectivity index (χ4v) is 3.62. The van der Waals surface area contributed by atoms with E-state index in [4.69, 9.17) is 0 Å². The van der Waals surface area contributed by atoms with Crippen LogP contribution in [0.4, 0.5) is 11.4 Å². The van der Waals surface area contributed by atoms with Crippen LogP contribution in [0.5, 0.6) is 0 Å². The lowest BCUT2D eigenvalue weighted by molar-refractivity contribution is 0.0600. The maximum Gasteiger partial charge on any atom is 0.337 e. The number of amides is 3. The van der Waals surface area contributed by atoms with Crippen molar-refractivity contribution >= 4 is 35.1 Å². The number of anilines is 2. The molecule has 1 aliphatic heterocycles. The molecule has 32 heavy (non-hydrogen) atoms. The van der Waals surface area contributed by atoms with Gasteiger partial charge >= 0.3 is 5.97 Å². The third-order valence-electron chi connectivity index (χ3n) is 5.51. The number of fused-ring (bicyclic) bond motifs is 1. The molecule has 0 radical (unpaired) electrons. The first-order valence-electron chi connectivity index (χ1n) is 9.90. The summed E-state index contributed by atoms with van der Waals surface area (Å²) in [6.07, 6.45) is 0. The Morgan fingerprint density at radius 2 is 1.56 bits per heavy atom. The maximum absolute atomic E-state index is 13.1. The summed E-state index contributed by atoms with van der Waals surface area (Å²) >= 11 is 0. The van der Waals surface area contributed by atoms with Crippen molar-refractivity contribution in [3.05, 3.63) is 94.0 Å². The monoisotopic (exact) mass is 428 g/mol. The van der Waals surface area contributed by atoms with Gasteiger partial charge in [-0.2, -0.15) is 0 Å². The molecule has 0 unspecified atom stereocenters. The van der Waals surface area contributed by atoms with Crippen LogP contribution in [-0.2, 0) is 4.74 Å².